The molecular weight excluding hydrogens is 304 g/mol. The van der Waals surface area contributed by atoms with Crippen LogP contribution in [0.2, 0.25) is 0 Å². The first-order chi connectivity index (χ1) is 10.2. The molecule has 0 aliphatic rings. The lowest BCUT2D eigenvalue weighted by Crippen LogP contribution is -1.92. The summed E-state index contributed by atoms with van der Waals surface area (Å²) < 4.78 is 4.98. The molecule has 0 aliphatic heterocycles. The fourth-order valence-corrected chi connectivity index (χ4v) is 2.47. The van der Waals surface area contributed by atoms with Crippen LogP contribution in [0.1, 0.15) is 65.2 Å². The Morgan fingerprint density at radius 1 is 0.810 bits per heavy atom. The molecule has 0 saturated heterocycles. The zero-order valence-electron chi connectivity index (χ0n) is 13.0. The zero-order valence-corrected chi connectivity index (χ0v) is 14.6. The molecule has 0 radical (unpaired) electrons. The predicted octanol–water partition coefficient (Wildman–Crippen LogP) is 5.63. The average molecular weight is 331 g/mol. The topological polar surface area (TPSA) is 43.4 Å². The van der Waals surface area contributed by atoms with Crippen molar-refractivity contribution in [3.63, 3.8) is 0 Å². The highest BCUT2D eigenvalue weighted by molar-refractivity contribution is 8.21. The number of carbonyl (C=O) groups is 2. The Hall–Kier alpha value is -0.520. The molecule has 0 aliphatic carbocycles. The lowest BCUT2D eigenvalue weighted by Gasteiger charge is -1.97. The van der Waals surface area contributed by atoms with Gasteiger partial charge in [0.1, 0.15) is 0 Å². The van der Waals surface area contributed by atoms with Gasteiger partial charge < -0.3 is 0 Å². The Bertz CT molecular complexity index is 306. The maximum Gasteiger partial charge on any atom is 0.220 e. The summed E-state index contributed by atoms with van der Waals surface area (Å²) in [5.41, 5.74) is 0. The lowest BCUT2D eigenvalue weighted by molar-refractivity contribution is -0.110. The fraction of sp³-hybridized carbons (Fsp3) is 0.625. The van der Waals surface area contributed by atoms with E-state index in [1.54, 1.807) is 0 Å². The molecule has 0 N–H and O–H groups in total. The molecular formula is C16H26O3S2. The lowest BCUT2D eigenvalue weighted by atomic mass is 10.2. The van der Waals surface area contributed by atoms with Crippen molar-refractivity contribution in [3.05, 3.63) is 24.3 Å². The Morgan fingerprint density at radius 2 is 1.24 bits per heavy atom. The fourth-order valence-electron chi connectivity index (χ4n) is 1.40. The molecule has 0 bridgehead atoms. The summed E-state index contributed by atoms with van der Waals surface area (Å²) in [4.78, 5) is 22.9. The molecule has 0 unspecified atom stereocenters. The molecule has 5 heteroatoms. The third-order valence-electron chi connectivity index (χ3n) is 2.60. The van der Waals surface area contributed by atoms with Crippen LogP contribution in [-0.2, 0) is 13.2 Å². The van der Waals surface area contributed by atoms with Gasteiger partial charge in [0.25, 0.3) is 0 Å². The molecule has 21 heavy (non-hydrogen) atoms. The summed E-state index contributed by atoms with van der Waals surface area (Å²) in [5.74, 6) is 0. The van der Waals surface area contributed by atoms with E-state index in [-0.39, 0.29) is 10.2 Å². The van der Waals surface area contributed by atoms with Gasteiger partial charge in [-0.15, -0.1) is 0 Å². The molecule has 3 nitrogen and oxygen atoms in total. The summed E-state index contributed by atoms with van der Waals surface area (Å²) >= 11 is 1.49. The average Bonchev–Trinajstić information content (AvgIpc) is 2.47. The van der Waals surface area contributed by atoms with Crippen molar-refractivity contribution in [2.45, 2.75) is 65.2 Å². The highest BCUT2D eigenvalue weighted by atomic mass is 32.2. The van der Waals surface area contributed by atoms with Gasteiger partial charge in [0.15, 0.2) is 0 Å². The van der Waals surface area contributed by atoms with Crippen molar-refractivity contribution in [2.24, 2.45) is 0 Å². The van der Waals surface area contributed by atoms with Gasteiger partial charge in [-0.05, 0) is 12.8 Å². The number of rotatable bonds is 12. The highest BCUT2D eigenvalue weighted by Crippen LogP contribution is 2.19. The Kier molecular flexibility index (Phi) is 15.5. The van der Waals surface area contributed by atoms with Crippen LogP contribution >= 0.6 is 24.1 Å². The molecule has 0 heterocycles. The molecule has 0 amide bonds. The van der Waals surface area contributed by atoms with E-state index in [1.165, 1.54) is 0 Å². The van der Waals surface area contributed by atoms with Crippen LogP contribution < -0.4 is 0 Å². The van der Waals surface area contributed by atoms with Crippen LogP contribution in [0.3, 0.4) is 0 Å². The van der Waals surface area contributed by atoms with Crippen molar-refractivity contribution < 1.29 is 13.2 Å². The summed E-state index contributed by atoms with van der Waals surface area (Å²) in [6.45, 7) is 4.27. The molecule has 0 saturated carbocycles. The van der Waals surface area contributed by atoms with Crippen LogP contribution in [0.25, 0.3) is 0 Å². The number of carbonyl (C=O) groups excluding carboxylic acids is 2. The van der Waals surface area contributed by atoms with Crippen LogP contribution in [0, 0.1) is 0 Å². The highest BCUT2D eigenvalue weighted by Gasteiger charge is 2.06. The monoisotopic (exact) mass is 330 g/mol. The van der Waals surface area contributed by atoms with E-state index in [9.17, 15) is 9.59 Å². The maximum atomic E-state index is 11.4. The normalized spacial score (nSPS) is 11.5. The molecule has 0 aromatic rings. The quantitative estimate of drug-likeness (QED) is 0.264. The van der Waals surface area contributed by atoms with Gasteiger partial charge in [0.05, 0.1) is 24.1 Å². The van der Waals surface area contributed by atoms with Gasteiger partial charge in [-0.1, -0.05) is 63.8 Å². The van der Waals surface area contributed by atoms with Gasteiger partial charge in [0.2, 0.25) is 10.2 Å². The number of unbranched alkanes of at least 4 members (excludes halogenated alkanes) is 4. The van der Waals surface area contributed by atoms with E-state index < -0.39 is 0 Å². The molecule has 0 aromatic heterocycles. The van der Waals surface area contributed by atoms with Gasteiger partial charge in [-0.2, -0.15) is 0 Å². The smallest absolute Gasteiger partial charge is 0.220 e. The maximum absolute atomic E-state index is 11.4. The summed E-state index contributed by atoms with van der Waals surface area (Å²) in [5, 5.41) is -0.164. The van der Waals surface area contributed by atoms with E-state index in [1.807, 2.05) is 24.3 Å². The van der Waals surface area contributed by atoms with Gasteiger partial charge in [-0.25, -0.2) is 3.63 Å². The second-order valence-corrected chi connectivity index (χ2v) is 6.40. The van der Waals surface area contributed by atoms with Crippen LogP contribution in [0.15, 0.2) is 24.3 Å². The van der Waals surface area contributed by atoms with E-state index >= 15 is 0 Å². The van der Waals surface area contributed by atoms with E-state index in [4.69, 9.17) is 3.63 Å². The second-order valence-electron chi connectivity index (χ2n) is 4.61. The van der Waals surface area contributed by atoms with Crippen molar-refractivity contribution in [1.82, 2.24) is 0 Å². The first-order valence-electron chi connectivity index (χ1n) is 7.57. The van der Waals surface area contributed by atoms with Crippen molar-refractivity contribution >= 4 is 34.3 Å². The van der Waals surface area contributed by atoms with Gasteiger partial charge in [-0.3, -0.25) is 9.59 Å². The summed E-state index contributed by atoms with van der Waals surface area (Å²) in [7, 11) is 0. The number of allylic oxidation sites excluding steroid dienone is 4. The van der Waals surface area contributed by atoms with Crippen molar-refractivity contribution in [3.8, 4) is 0 Å². The number of hydrogen-bond acceptors (Lipinski definition) is 5. The summed E-state index contributed by atoms with van der Waals surface area (Å²) in [6, 6.07) is 0. The Morgan fingerprint density at radius 3 is 1.62 bits per heavy atom. The van der Waals surface area contributed by atoms with Crippen molar-refractivity contribution in [1.29, 1.82) is 0 Å². The number of hydrogen-bond donors (Lipinski definition) is 0. The zero-order chi connectivity index (χ0) is 15.8. The van der Waals surface area contributed by atoms with Crippen LogP contribution in [0.4, 0.5) is 0 Å². The van der Waals surface area contributed by atoms with E-state index in [0.717, 1.165) is 62.6 Å². The minimum atomic E-state index is -0.0819. The van der Waals surface area contributed by atoms with Gasteiger partial charge in [0, 0.05) is 12.8 Å². The minimum absolute atomic E-state index is 0.0819. The van der Waals surface area contributed by atoms with Crippen LogP contribution in [0.5, 0.6) is 0 Å². The summed E-state index contributed by atoms with van der Waals surface area (Å²) in [6.07, 6.45) is 15.1. The largest absolute Gasteiger partial charge is 0.284 e. The predicted molar refractivity (Wildman–Crippen MR) is 92.8 cm³/mol. The third-order valence-corrected chi connectivity index (χ3v) is 3.85. The SMILES string of the molecule is CCCC/C=C/CC(=O)SOSC(=O)C/C=C/CCCC. The first-order valence-corrected chi connectivity index (χ1v) is 9.05. The van der Waals surface area contributed by atoms with Crippen molar-refractivity contribution in [2.75, 3.05) is 0 Å². The molecule has 0 atom stereocenters. The molecule has 0 spiro atoms. The van der Waals surface area contributed by atoms with Gasteiger partial charge >= 0.3 is 0 Å². The molecule has 0 aromatic carbocycles. The standard InChI is InChI=1S/C16H26O3S2/c1-3-5-7-9-11-13-15(17)20-19-21-16(18)14-12-10-8-6-4-2/h9-12H,3-8,13-14H2,1-2H3/b11-9+,12-10+. The van der Waals surface area contributed by atoms with E-state index in [0.29, 0.717) is 12.8 Å². The minimum Gasteiger partial charge on any atom is -0.284 e. The first kappa shape index (κ1) is 20.5. The third kappa shape index (κ3) is 15.7. The molecule has 120 valence electrons. The molecule has 0 fully saturated rings. The Balaban J connectivity index is 3.55. The Labute approximate surface area is 137 Å². The molecule has 0 rings (SSSR count). The van der Waals surface area contributed by atoms with E-state index in [2.05, 4.69) is 13.8 Å². The van der Waals surface area contributed by atoms with Crippen LogP contribution in [-0.4, -0.2) is 10.2 Å². The second kappa shape index (κ2) is 15.9.